The number of carboxylic acid groups (broad SMARTS) is 1. The third-order valence-corrected chi connectivity index (χ3v) is 4.57. The fraction of sp³-hybridized carbons (Fsp3) is 0.357. The highest BCUT2D eigenvalue weighted by molar-refractivity contribution is 7.19. The van der Waals surface area contributed by atoms with Crippen molar-refractivity contribution in [3.8, 4) is 0 Å². The van der Waals surface area contributed by atoms with E-state index in [0.29, 0.717) is 6.54 Å². The van der Waals surface area contributed by atoms with Gasteiger partial charge in [-0.2, -0.15) is 0 Å². The normalized spacial score (nSPS) is 11.3. The number of rotatable bonds is 6. The van der Waals surface area contributed by atoms with Gasteiger partial charge in [0.2, 0.25) is 0 Å². The predicted octanol–water partition coefficient (Wildman–Crippen LogP) is 3.85. The number of halogens is 1. The van der Waals surface area contributed by atoms with Crippen LogP contribution in [-0.2, 0) is 11.3 Å². The highest BCUT2D eigenvalue weighted by atomic mass is 35.5. The summed E-state index contributed by atoms with van der Waals surface area (Å²) < 4.78 is 1.15. The molecule has 0 amide bonds. The van der Waals surface area contributed by atoms with Crippen LogP contribution in [0.4, 0.5) is 0 Å². The standard InChI is InChI=1S/C14H16ClNO2S/c1-2-7-16(9-13(17)18)8-12-14(15)10-5-3-4-6-11(10)19-12/h3-6H,2,7-9H2,1H3,(H,17,18). The fourth-order valence-electron chi connectivity index (χ4n) is 2.09. The minimum Gasteiger partial charge on any atom is -0.480 e. The lowest BCUT2D eigenvalue weighted by atomic mass is 10.2. The van der Waals surface area contributed by atoms with Gasteiger partial charge in [-0.1, -0.05) is 36.7 Å². The summed E-state index contributed by atoms with van der Waals surface area (Å²) in [5.41, 5.74) is 0. The highest BCUT2D eigenvalue weighted by Gasteiger charge is 2.15. The van der Waals surface area contributed by atoms with E-state index in [1.54, 1.807) is 11.3 Å². The Morgan fingerprint density at radius 3 is 2.79 bits per heavy atom. The molecular formula is C14H16ClNO2S. The van der Waals surface area contributed by atoms with Crippen molar-refractivity contribution in [3.63, 3.8) is 0 Å². The Kier molecular flexibility index (Phi) is 4.80. The van der Waals surface area contributed by atoms with Gasteiger partial charge in [-0.3, -0.25) is 9.69 Å². The fourth-order valence-corrected chi connectivity index (χ4v) is 3.63. The average Bonchev–Trinajstić information content (AvgIpc) is 2.67. The quantitative estimate of drug-likeness (QED) is 0.880. The van der Waals surface area contributed by atoms with E-state index in [1.807, 2.05) is 36.1 Å². The Morgan fingerprint density at radius 1 is 1.42 bits per heavy atom. The number of nitrogens with zero attached hydrogens (tertiary/aromatic N) is 1. The molecule has 5 heteroatoms. The summed E-state index contributed by atoms with van der Waals surface area (Å²) in [4.78, 5) is 13.8. The Morgan fingerprint density at radius 2 is 2.16 bits per heavy atom. The molecule has 0 spiro atoms. The van der Waals surface area contributed by atoms with E-state index in [9.17, 15) is 4.79 Å². The number of carbonyl (C=O) groups is 1. The molecule has 0 radical (unpaired) electrons. The topological polar surface area (TPSA) is 40.5 Å². The van der Waals surface area contributed by atoms with Gasteiger partial charge in [0.1, 0.15) is 0 Å². The monoisotopic (exact) mass is 297 g/mol. The Hall–Kier alpha value is -1.10. The molecule has 1 heterocycles. The molecule has 0 aliphatic carbocycles. The molecule has 2 rings (SSSR count). The van der Waals surface area contributed by atoms with Crippen molar-refractivity contribution in [1.29, 1.82) is 0 Å². The second-order valence-corrected chi connectivity index (χ2v) is 5.95. The molecule has 0 aliphatic heterocycles. The van der Waals surface area contributed by atoms with Crippen LogP contribution in [0, 0.1) is 0 Å². The van der Waals surface area contributed by atoms with Crippen LogP contribution in [0.1, 0.15) is 18.2 Å². The van der Waals surface area contributed by atoms with E-state index in [4.69, 9.17) is 16.7 Å². The average molecular weight is 298 g/mol. The van der Waals surface area contributed by atoms with Gasteiger partial charge in [0.05, 0.1) is 11.6 Å². The Labute approximate surface area is 121 Å². The molecule has 0 aliphatic rings. The number of carboxylic acids is 1. The van der Waals surface area contributed by atoms with Crippen LogP contribution in [0.2, 0.25) is 5.02 Å². The van der Waals surface area contributed by atoms with Gasteiger partial charge in [-0.15, -0.1) is 11.3 Å². The zero-order chi connectivity index (χ0) is 13.8. The van der Waals surface area contributed by atoms with E-state index >= 15 is 0 Å². The first kappa shape index (κ1) is 14.3. The number of hydrogen-bond donors (Lipinski definition) is 1. The van der Waals surface area contributed by atoms with Crippen LogP contribution in [0.5, 0.6) is 0 Å². The molecule has 0 bridgehead atoms. The smallest absolute Gasteiger partial charge is 0.317 e. The zero-order valence-electron chi connectivity index (χ0n) is 10.7. The minimum absolute atomic E-state index is 0.0540. The lowest BCUT2D eigenvalue weighted by Crippen LogP contribution is -2.29. The number of hydrogen-bond acceptors (Lipinski definition) is 3. The van der Waals surface area contributed by atoms with Gasteiger partial charge in [0.25, 0.3) is 0 Å². The molecule has 0 saturated heterocycles. The molecule has 102 valence electrons. The molecule has 0 saturated carbocycles. The zero-order valence-corrected chi connectivity index (χ0v) is 12.3. The maximum absolute atomic E-state index is 10.9. The third-order valence-electron chi connectivity index (χ3n) is 2.87. The van der Waals surface area contributed by atoms with Crippen LogP contribution >= 0.6 is 22.9 Å². The van der Waals surface area contributed by atoms with Gasteiger partial charge >= 0.3 is 5.97 Å². The van der Waals surface area contributed by atoms with Crippen LogP contribution in [0.15, 0.2) is 24.3 Å². The summed E-state index contributed by atoms with van der Waals surface area (Å²) in [6.07, 6.45) is 0.926. The van der Waals surface area contributed by atoms with Crippen LogP contribution in [0.3, 0.4) is 0 Å². The Bertz CT molecular complexity index is 582. The van der Waals surface area contributed by atoms with Crippen molar-refractivity contribution < 1.29 is 9.90 Å². The SMILES string of the molecule is CCCN(CC(=O)O)Cc1sc2ccccc2c1Cl. The summed E-state index contributed by atoms with van der Waals surface area (Å²) in [6.45, 7) is 3.45. The number of aliphatic carboxylic acids is 1. The van der Waals surface area contributed by atoms with Crippen molar-refractivity contribution in [2.75, 3.05) is 13.1 Å². The van der Waals surface area contributed by atoms with Gasteiger partial charge in [0.15, 0.2) is 0 Å². The van der Waals surface area contributed by atoms with E-state index in [-0.39, 0.29) is 6.54 Å². The Balaban J connectivity index is 2.23. The first-order valence-corrected chi connectivity index (χ1v) is 7.41. The maximum atomic E-state index is 10.9. The van der Waals surface area contributed by atoms with Gasteiger partial charge in [0, 0.05) is 21.5 Å². The predicted molar refractivity (Wildman–Crippen MR) is 80.0 cm³/mol. The second-order valence-electron chi connectivity index (χ2n) is 4.44. The second kappa shape index (κ2) is 6.37. The summed E-state index contributed by atoms with van der Waals surface area (Å²) in [5, 5.41) is 10.7. The lowest BCUT2D eigenvalue weighted by molar-refractivity contribution is -0.138. The summed E-state index contributed by atoms with van der Waals surface area (Å²) in [5.74, 6) is -0.800. The van der Waals surface area contributed by atoms with Crippen molar-refractivity contribution in [2.45, 2.75) is 19.9 Å². The van der Waals surface area contributed by atoms with E-state index < -0.39 is 5.97 Å². The molecule has 0 unspecified atom stereocenters. The molecule has 3 nitrogen and oxygen atoms in total. The van der Waals surface area contributed by atoms with E-state index in [1.165, 1.54) is 0 Å². The van der Waals surface area contributed by atoms with Crippen LogP contribution in [-0.4, -0.2) is 29.1 Å². The number of thiophene rings is 1. The number of benzene rings is 1. The highest BCUT2D eigenvalue weighted by Crippen LogP contribution is 2.35. The third kappa shape index (κ3) is 3.47. The molecule has 1 aromatic heterocycles. The minimum atomic E-state index is -0.800. The van der Waals surface area contributed by atoms with Crippen molar-refractivity contribution in [3.05, 3.63) is 34.2 Å². The first-order chi connectivity index (χ1) is 9.11. The van der Waals surface area contributed by atoms with Crippen molar-refractivity contribution in [1.82, 2.24) is 4.90 Å². The van der Waals surface area contributed by atoms with Crippen molar-refractivity contribution in [2.24, 2.45) is 0 Å². The van der Waals surface area contributed by atoms with Crippen molar-refractivity contribution >= 4 is 39.0 Å². The summed E-state index contributed by atoms with van der Waals surface area (Å²) in [7, 11) is 0. The van der Waals surface area contributed by atoms with Crippen LogP contribution < -0.4 is 0 Å². The largest absolute Gasteiger partial charge is 0.480 e. The van der Waals surface area contributed by atoms with Gasteiger partial charge in [-0.25, -0.2) is 0 Å². The van der Waals surface area contributed by atoms with E-state index in [0.717, 1.165) is 33.0 Å². The summed E-state index contributed by atoms with van der Waals surface area (Å²) in [6, 6.07) is 7.99. The maximum Gasteiger partial charge on any atom is 0.317 e. The molecule has 0 atom stereocenters. The lowest BCUT2D eigenvalue weighted by Gasteiger charge is -2.18. The summed E-state index contributed by atoms with van der Waals surface area (Å²) >= 11 is 8.01. The van der Waals surface area contributed by atoms with Gasteiger partial charge in [-0.05, 0) is 19.0 Å². The molecule has 1 N–H and O–H groups in total. The van der Waals surface area contributed by atoms with Crippen LogP contribution in [0.25, 0.3) is 10.1 Å². The molecule has 2 aromatic rings. The van der Waals surface area contributed by atoms with Gasteiger partial charge < -0.3 is 5.11 Å². The first-order valence-electron chi connectivity index (χ1n) is 6.22. The molecule has 0 fully saturated rings. The molecule has 1 aromatic carbocycles. The molecule has 19 heavy (non-hydrogen) atoms. The number of fused-ring (bicyclic) bond motifs is 1. The van der Waals surface area contributed by atoms with E-state index in [2.05, 4.69) is 0 Å². The molecular weight excluding hydrogens is 282 g/mol.